The predicted molar refractivity (Wildman–Crippen MR) is 128 cm³/mol. The van der Waals surface area contributed by atoms with Gasteiger partial charge in [-0.05, 0) is 60.8 Å². The third-order valence-corrected chi connectivity index (χ3v) is 6.03. The van der Waals surface area contributed by atoms with Crippen molar-refractivity contribution in [2.24, 2.45) is 5.92 Å². The van der Waals surface area contributed by atoms with Gasteiger partial charge in [0.05, 0.1) is 20.1 Å². The van der Waals surface area contributed by atoms with E-state index in [9.17, 15) is 4.79 Å². The van der Waals surface area contributed by atoms with E-state index in [1.54, 1.807) is 14.2 Å². The fourth-order valence-electron chi connectivity index (χ4n) is 4.25. The van der Waals surface area contributed by atoms with Gasteiger partial charge in [0.1, 0.15) is 11.5 Å². The first kappa shape index (κ1) is 21.9. The zero-order valence-corrected chi connectivity index (χ0v) is 18.7. The minimum atomic E-state index is -0.0223. The van der Waals surface area contributed by atoms with Crippen LogP contribution >= 0.6 is 0 Å². The van der Waals surface area contributed by atoms with Crippen molar-refractivity contribution in [2.75, 3.05) is 32.6 Å². The number of likely N-dealkylation sites (tertiary alicyclic amines) is 1. The van der Waals surface area contributed by atoms with Gasteiger partial charge in [0.15, 0.2) is 0 Å². The normalized spacial score (nSPS) is 16.4. The molecule has 0 radical (unpaired) electrons. The largest absolute Gasteiger partial charge is 0.497 e. The third kappa shape index (κ3) is 5.29. The Bertz CT molecular complexity index is 1030. The number of carbonyl (C=O) groups is 1. The van der Waals surface area contributed by atoms with E-state index >= 15 is 0 Å². The molecule has 0 spiro atoms. The summed E-state index contributed by atoms with van der Waals surface area (Å²) in [5.74, 6) is 1.74. The summed E-state index contributed by atoms with van der Waals surface area (Å²) >= 11 is 0. The van der Waals surface area contributed by atoms with Gasteiger partial charge in [-0.3, -0.25) is 9.69 Å². The lowest BCUT2D eigenvalue weighted by molar-refractivity contribution is -0.121. The molecule has 4 rings (SSSR count). The summed E-state index contributed by atoms with van der Waals surface area (Å²) in [6, 6.07) is 24.0. The zero-order chi connectivity index (χ0) is 22.3. The van der Waals surface area contributed by atoms with Crippen molar-refractivity contribution in [1.82, 2.24) is 4.90 Å². The Morgan fingerprint density at radius 1 is 0.938 bits per heavy atom. The van der Waals surface area contributed by atoms with Crippen molar-refractivity contribution in [3.8, 4) is 22.6 Å². The van der Waals surface area contributed by atoms with Crippen molar-refractivity contribution in [2.45, 2.75) is 19.4 Å². The molecule has 0 aromatic heterocycles. The molecule has 32 heavy (non-hydrogen) atoms. The summed E-state index contributed by atoms with van der Waals surface area (Å²) in [4.78, 5) is 15.5. The molecule has 0 saturated carbocycles. The van der Waals surface area contributed by atoms with Gasteiger partial charge >= 0.3 is 0 Å². The maximum atomic E-state index is 13.2. The molecular weight excluding hydrogens is 400 g/mol. The smallest absolute Gasteiger partial charge is 0.228 e. The Labute approximate surface area is 190 Å². The van der Waals surface area contributed by atoms with Crippen LogP contribution in [0.25, 0.3) is 11.1 Å². The number of nitrogens with zero attached hydrogens (tertiary/aromatic N) is 1. The van der Waals surface area contributed by atoms with Gasteiger partial charge in [0.2, 0.25) is 5.91 Å². The van der Waals surface area contributed by atoms with E-state index in [4.69, 9.17) is 9.47 Å². The molecule has 5 nitrogen and oxygen atoms in total. The van der Waals surface area contributed by atoms with Crippen LogP contribution in [0.5, 0.6) is 11.5 Å². The van der Waals surface area contributed by atoms with Crippen molar-refractivity contribution in [3.05, 3.63) is 78.4 Å². The summed E-state index contributed by atoms with van der Waals surface area (Å²) in [6.07, 6.45) is 1.93. The lowest BCUT2D eigenvalue weighted by Gasteiger charge is -2.32. The van der Waals surface area contributed by atoms with Gasteiger partial charge in [-0.1, -0.05) is 42.5 Å². The first-order chi connectivity index (χ1) is 15.7. The average Bonchev–Trinajstić information content (AvgIpc) is 2.85. The van der Waals surface area contributed by atoms with Crippen molar-refractivity contribution in [1.29, 1.82) is 0 Å². The third-order valence-electron chi connectivity index (χ3n) is 6.03. The van der Waals surface area contributed by atoms with Crippen molar-refractivity contribution >= 4 is 11.6 Å². The fraction of sp³-hybridized carbons (Fsp3) is 0.296. The van der Waals surface area contributed by atoms with E-state index in [1.165, 1.54) is 5.56 Å². The summed E-state index contributed by atoms with van der Waals surface area (Å²) in [5.41, 5.74) is 4.13. The molecule has 0 unspecified atom stereocenters. The molecule has 1 aliphatic heterocycles. The van der Waals surface area contributed by atoms with Crippen LogP contribution in [-0.4, -0.2) is 38.1 Å². The van der Waals surface area contributed by atoms with E-state index in [0.29, 0.717) is 0 Å². The number of nitrogens with one attached hydrogen (secondary N) is 1. The minimum Gasteiger partial charge on any atom is -0.497 e. The summed E-state index contributed by atoms with van der Waals surface area (Å²) in [5, 5.41) is 3.19. The van der Waals surface area contributed by atoms with Gasteiger partial charge in [0.25, 0.3) is 0 Å². The second-order valence-electron chi connectivity index (χ2n) is 8.19. The van der Waals surface area contributed by atoms with Crippen LogP contribution in [0, 0.1) is 5.92 Å². The minimum absolute atomic E-state index is 0.0223. The van der Waals surface area contributed by atoms with E-state index < -0.39 is 0 Å². The Morgan fingerprint density at radius 2 is 1.59 bits per heavy atom. The number of hydrogen-bond donors (Lipinski definition) is 1. The van der Waals surface area contributed by atoms with Crippen molar-refractivity contribution in [3.63, 3.8) is 0 Å². The molecule has 5 heteroatoms. The van der Waals surface area contributed by atoms with Crippen molar-refractivity contribution < 1.29 is 14.3 Å². The van der Waals surface area contributed by atoms with Gasteiger partial charge in [-0.25, -0.2) is 0 Å². The van der Waals surface area contributed by atoms with Crippen LogP contribution in [0.3, 0.4) is 0 Å². The highest BCUT2D eigenvalue weighted by Crippen LogP contribution is 2.30. The molecule has 3 aromatic carbocycles. The summed E-state index contributed by atoms with van der Waals surface area (Å²) in [7, 11) is 3.33. The lowest BCUT2D eigenvalue weighted by Crippen LogP contribution is -2.40. The monoisotopic (exact) mass is 430 g/mol. The summed E-state index contributed by atoms with van der Waals surface area (Å²) in [6.45, 7) is 2.62. The Morgan fingerprint density at radius 3 is 2.28 bits per heavy atom. The Balaban J connectivity index is 1.42. The SMILES string of the molecule is COc1ccc(CN2CCC[C@@H](C(=O)Nc3ccccc3-c3ccc(OC)cc3)C2)cc1. The quantitative estimate of drug-likeness (QED) is 0.558. The zero-order valence-electron chi connectivity index (χ0n) is 18.7. The van der Waals surface area contributed by atoms with E-state index in [-0.39, 0.29) is 11.8 Å². The molecule has 1 fully saturated rings. The number of methoxy groups -OCH3 is 2. The van der Waals surface area contributed by atoms with Crippen LogP contribution in [-0.2, 0) is 11.3 Å². The molecule has 1 atom stereocenters. The highest BCUT2D eigenvalue weighted by Gasteiger charge is 2.26. The van der Waals surface area contributed by atoms with E-state index in [1.807, 2.05) is 60.7 Å². The van der Waals surface area contributed by atoms with Crippen LogP contribution in [0.2, 0.25) is 0 Å². The van der Waals surface area contributed by atoms with Gasteiger partial charge in [-0.2, -0.15) is 0 Å². The Hall–Kier alpha value is -3.31. The lowest BCUT2D eigenvalue weighted by atomic mass is 9.96. The molecule has 1 saturated heterocycles. The molecule has 0 aliphatic carbocycles. The molecule has 166 valence electrons. The number of piperidine rings is 1. The molecule has 1 aliphatic rings. The second kappa shape index (κ2) is 10.3. The van der Waals surface area contributed by atoms with E-state index in [2.05, 4.69) is 22.3 Å². The standard InChI is InChI=1S/C27H30N2O3/c1-31-23-13-9-20(10-14-23)18-29-17-5-6-22(19-29)27(30)28-26-8-4-3-7-25(26)21-11-15-24(32-2)16-12-21/h3-4,7-16,22H,5-6,17-19H2,1-2H3,(H,28,30)/t22-/m1/s1. The van der Waals surface area contributed by atoms with Gasteiger partial charge in [-0.15, -0.1) is 0 Å². The topological polar surface area (TPSA) is 50.8 Å². The highest BCUT2D eigenvalue weighted by atomic mass is 16.5. The average molecular weight is 431 g/mol. The summed E-state index contributed by atoms with van der Waals surface area (Å²) < 4.78 is 10.5. The number of amides is 1. The first-order valence-electron chi connectivity index (χ1n) is 11.1. The number of rotatable bonds is 7. The van der Waals surface area contributed by atoms with E-state index in [0.717, 1.165) is 60.8 Å². The molecule has 3 aromatic rings. The maximum Gasteiger partial charge on any atom is 0.228 e. The number of ether oxygens (including phenoxy) is 2. The Kier molecular flexibility index (Phi) is 7.07. The number of para-hydroxylation sites is 1. The molecule has 0 bridgehead atoms. The number of anilines is 1. The maximum absolute atomic E-state index is 13.2. The van der Waals surface area contributed by atoms with Gasteiger partial charge in [0, 0.05) is 24.3 Å². The fourth-order valence-corrected chi connectivity index (χ4v) is 4.25. The van der Waals surface area contributed by atoms with Crippen LogP contribution in [0.4, 0.5) is 5.69 Å². The van der Waals surface area contributed by atoms with Crippen LogP contribution in [0.1, 0.15) is 18.4 Å². The van der Waals surface area contributed by atoms with Crippen LogP contribution < -0.4 is 14.8 Å². The number of benzene rings is 3. The van der Waals surface area contributed by atoms with Gasteiger partial charge < -0.3 is 14.8 Å². The molecular formula is C27H30N2O3. The molecule has 1 amide bonds. The predicted octanol–water partition coefficient (Wildman–Crippen LogP) is 5.22. The number of hydrogen-bond acceptors (Lipinski definition) is 4. The molecule has 1 heterocycles. The molecule has 1 N–H and O–H groups in total. The number of carbonyl (C=O) groups excluding carboxylic acids is 1. The second-order valence-corrected chi connectivity index (χ2v) is 8.19. The first-order valence-corrected chi connectivity index (χ1v) is 11.1. The van der Waals surface area contributed by atoms with Crippen LogP contribution in [0.15, 0.2) is 72.8 Å². The highest BCUT2D eigenvalue weighted by molar-refractivity contribution is 5.97.